The Morgan fingerprint density at radius 2 is 2.00 bits per heavy atom. The number of aliphatic hydroxyl groups excluding tert-OH is 1. The molecule has 0 bridgehead atoms. The molecule has 6 heteroatoms. The Morgan fingerprint density at radius 1 is 1.32 bits per heavy atom. The Bertz CT molecular complexity index is 503. The molecular formula is C13H19NO4S. The van der Waals surface area contributed by atoms with Crippen molar-refractivity contribution in [1.29, 1.82) is 0 Å². The molecular weight excluding hydrogens is 266 g/mol. The first-order valence-electron chi connectivity index (χ1n) is 6.23. The molecule has 19 heavy (non-hydrogen) atoms. The van der Waals surface area contributed by atoms with Crippen molar-refractivity contribution in [2.75, 3.05) is 26.0 Å². The number of nitrogens with zero attached hydrogens (tertiary/aromatic N) is 1. The van der Waals surface area contributed by atoms with Gasteiger partial charge in [0.15, 0.2) is 0 Å². The van der Waals surface area contributed by atoms with Crippen molar-refractivity contribution in [2.45, 2.75) is 12.6 Å². The van der Waals surface area contributed by atoms with E-state index in [1.807, 2.05) is 30.3 Å². The molecule has 1 aliphatic rings. The van der Waals surface area contributed by atoms with Crippen molar-refractivity contribution in [1.82, 2.24) is 4.90 Å². The Morgan fingerprint density at radius 3 is 2.63 bits per heavy atom. The standard InChI is InChI=1S/C13H19NO4S/c1-19(16,17)18-10-12-8-14(9-13(12)15)7-11-5-3-2-4-6-11/h2-6,12-13,15H,7-10H2,1H3. The van der Waals surface area contributed by atoms with Gasteiger partial charge in [-0.2, -0.15) is 8.42 Å². The van der Waals surface area contributed by atoms with Gasteiger partial charge >= 0.3 is 0 Å². The van der Waals surface area contributed by atoms with Crippen LogP contribution < -0.4 is 0 Å². The molecule has 1 aliphatic heterocycles. The number of aliphatic hydroxyl groups is 1. The average molecular weight is 285 g/mol. The fourth-order valence-electron chi connectivity index (χ4n) is 2.29. The molecule has 0 amide bonds. The summed E-state index contributed by atoms with van der Waals surface area (Å²) >= 11 is 0. The van der Waals surface area contributed by atoms with E-state index in [9.17, 15) is 13.5 Å². The SMILES string of the molecule is CS(=O)(=O)OCC1CN(Cc2ccccc2)CC1O. The fourth-order valence-corrected chi connectivity index (χ4v) is 2.71. The number of hydrogen-bond acceptors (Lipinski definition) is 5. The van der Waals surface area contributed by atoms with E-state index in [0.717, 1.165) is 12.8 Å². The first-order valence-corrected chi connectivity index (χ1v) is 8.04. The van der Waals surface area contributed by atoms with E-state index < -0.39 is 16.2 Å². The predicted octanol–water partition coefficient (Wildman–Crippen LogP) is 0.455. The first-order chi connectivity index (χ1) is 8.94. The van der Waals surface area contributed by atoms with Gasteiger partial charge in [-0.3, -0.25) is 9.08 Å². The third-order valence-electron chi connectivity index (χ3n) is 3.23. The summed E-state index contributed by atoms with van der Waals surface area (Å²) in [6, 6.07) is 9.99. The highest BCUT2D eigenvalue weighted by molar-refractivity contribution is 7.85. The van der Waals surface area contributed by atoms with Gasteiger partial charge in [-0.1, -0.05) is 30.3 Å². The first kappa shape index (κ1) is 14.5. The number of rotatable bonds is 5. The smallest absolute Gasteiger partial charge is 0.264 e. The second-order valence-corrected chi connectivity index (χ2v) is 6.64. The lowest BCUT2D eigenvalue weighted by Gasteiger charge is -2.15. The molecule has 2 unspecified atom stereocenters. The maximum Gasteiger partial charge on any atom is 0.264 e. The van der Waals surface area contributed by atoms with Gasteiger partial charge < -0.3 is 5.11 Å². The maximum absolute atomic E-state index is 10.9. The van der Waals surface area contributed by atoms with Crippen LogP contribution in [0.15, 0.2) is 30.3 Å². The van der Waals surface area contributed by atoms with Gasteiger partial charge in [0.05, 0.1) is 19.0 Å². The molecule has 1 aromatic carbocycles. The Hall–Kier alpha value is -0.950. The number of benzene rings is 1. The largest absolute Gasteiger partial charge is 0.391 e. The van der Waals surface area contributed by atoms with Crippen molar-refractivity contribution < 1.29 is 17.7 Å². The van der Waals surface area contributed by atoms with Gasteiger partial charge in [0.2, 0.25) is 0 Å². The van der Waals surface area contributed by atoms with Gasteiger partial charge in [-0.25, -0.2) is 0 Å². The summed E-state index contributed by atoms with van der Waals surface area (Å²) in [7, 11) is -3.44. The van der Waals surface area contributed by atoms with Gasteiger partial charge in [-0.15, -0.1) is 0 Å². The summed E-state index contributed by atoms with van der Waals surface area (Å²) in [6.07, 6.45) is 0.487. The Kier molecular flexibility index (Phi) is 4.57. The highest BCUT2D eigenvalue weighted by atomic mass is 32.2. The van der Waals surface area contributed by atoms with E-state index >= 15 is 0 Å². The average Bonchev–Trinajstić information content (AvgIpc) is 2.67. The normalized spacial score (nSPS) is 24.7. The molecule has 1 N–H and O–H groups in total. The summed E-state index contributed by atoms with van der Waals surface area (Å²) in [5, 5.41) is 9.92. The quantitative estimate of drug-likeness (QED) is 0.796. The minimum Gasteiger partial charge on any atom is -0.391 e. The summed E-state index contributed by atoms with van der Waals surface area (Å²) in [5.41, 5.74) is 1.18. The zero-order chi connectivity index (χ0) is 13.9. The minimum absolute atomic E-state index is 0.0469. The van der Waals surface area contributed by atoms with Gasteiger partial charge in [0, 0.05) is 25.6 Å². The van der Waals surface area contributed by atoms with Crippen LogP contribution in [0.3, 0.4) is 0 Å². The summed E-state index contributed by atoms with van der Waals surface area (Å²) in [6.45, 7) is 2.00. The second-order valence-electron chi connectivity index (χ2n) is 5.00. The minimum atomic E-state index is -3.44. The molecule has 0 radical (unpaired) electrons. The molecule has 0 saturated carbocycles. The van der Waals surface area contributed by atoms with Crippen LogP contribution in [0.25, 0.3) is 0 Å². The number of hydrogen-bond donors (Lipinski definition) is 1. The van der Waals surface area contributed by atoms with E-state index in [1.54, 1.807) is 0 Å². The van der Waals surface area contributed by atoms with Crippen LogP contribution in [-0.4, -0.2) is 50.5 Å². The number of likely N-dealkylation sites (tertiary alicyclic amines) is 1. The molecule has 1 fully saturated rings. The zero-order valence-electron chi connectivity index (χ0n) is 10.9. The highest BCUT2D eigenvalue weighted by Crippen LogP contribution is 2.20. The maximum atomic E-state index is 10.9. The predicted molar refractivity (Wildman–Crippen MR) is 72.0 cm³/mol. The molecule has 5 nitrogen and oxygen atoms in total. The lowest BCUT2D eigenvalue weighted by atomic mass is 10.1. The van der Waals surface area contributed by atoms with Crippen molar-refractivity contribution in [2.24, 2.45) is 5.92 Å². The summed E-state index contributed by atoms with van der Waals surface area (Å²) in [4.78, 5) is 2.11. The molecule has 2 rings (SSSR count). The van der Waals surface area contributed by atoms with Crippen molar-refractivity contribution in [3.63, 3.8) is 0 Å². The summed E-state index contributed by atoms with van der Waals surface area (Å²) in [5.74, 6) is -0.154. The third-order valence-corrected chi connectivity index (χ3v) is 3.79. The van der Waals surface area contributed by atoms with Crippen molar-refractivity contribution in [3.05, 3.63) is 35.9 Å². The molecule has 0 spiro atoms. The number of β-amino-alcohol motifs (C(OH)–C–C–N with tert-alkyl or cyclic N) is 1. The molecule has 0 aliphatic carbocycles. The zero-order valence-corrected chi connectivity index (χ0v) is 11.7. The van der Waals surface area contributed by atoms with Crippen molar-refractivity contribution >= 4 is 10.1 Å². The van der Waals surface area contributed by atoms with E-state index in [-0.39, 0.29) is 12.5 Å². The van der Waals surface area contributed by atoms with Crippen LogP contribution in [-0.2, 0) is 20.8 Å². The van der Waals surface area contributed by atoms with E-state index in [1.165, 1.54) is 5.56 Å². The topological polar surface area (TPSA) is 66.8 Å². The van der Waals surface area contributed by atoms with Crippen molar-refractivity contribution in [3.8, 4) is 0 Å². The van der Waals surface area contributed by atoms with Crippen LogP contribution in [0.2, 0.25) is 0 Å². The molecule has 1 heterocycles. The molecule has 106 valence electrons. The van der Waals surface area contributed by atoms with Gasteiger partial charge in [0.1, 0.15) is 0 Å². The Labute approximate surface area is 113 Å². The van der Waals surface area contributed by atoms with E-state index in [4.69, 9.17) is 4.18 Å². The van der Waals surface area contributed by atoms with E-state index in [0.29, 0.717) is 13.1 Å². The van der Waals surface area contributed by atoms with E-state index in [2.05, 4.69) is 4.90 Å². The third kappa shape index (κ3) is 4.58. The Balaban J connectivity index is 1.87. The molecule has 1 aromatic rings. The molecule has 1 saturated heterocycles. The lowest BCUT2D eigenvalue weighted by molar-refractivity contribution is 0.113. The second kappa shape index (κ2) is 6.00. The van der Waals surface area contributed by atoms with Crippen LogP contribution in [0.5, 0.6) is 0 Å². The highest BCUT2D eigenvalue weighted by Gasteiger charge is 2.32. The molecule has 0 aromatic heterocycles. The fraction of sp³-hybridized carbons (Fsp3) is 0.538. The lowest BCUT2D eigenvalue weighted by Crippen LogP contribution is -2.24. The monoisotopic (exact) mass is 285 g/mol. The van der Waals surface area contributed by atoms with Crippen LogP contribution in [0.4, 0.5) is 0 Å². The summed E-state index contributed by atoms with van der Waals surface area (Å²) < 4.78 is 26.7. The molecule has 2 atom stereocenters. The van der Waals surface area contributed by atoms with Crippen LogP contribution in [0, 0.1) is 5.92 Å². The van der Waals surface area contributed by atoms with Gasteiger partial charge in [-0.05, 0) is 5.56 Å². The van der Waals surface area contributed by atoms with Crippen LogP contribution in [0.1, 0.15) is 5.56 Å². The van der Waals surface area contributed by atoms with Crippen LogP contribution >= 0.6 is 0 Å². The van der Waals surface area contributed by atoms with Gasteiger partial charge in [0.25, 0.3) is 10.1 Å².